The summed E-state index contributed by atoms with van der Waals surface area (Å²) in [5.41, 5.74) is 1.46. The Morgan fingerprint density at radius 1 is 1.04 bits per heavy atom. The lowest BCUT2D eigenvalue weighted by Gasteiger charge is -2.36. The van der Waals surface area contributed by atoms with Gasteiger partial charge in [-0.3, -0.25) is 0 Å². The number of rotatable bonds is 5. The van der Waals surface area contributed by atoms with Crippen molar-refractivity contribution in [2.75, 3.05) is 5.32 Å². The van der Waals surface area contributed by atoms with E-state index in [2.05, 4.69) is 10.6 Å². The van der Waals surface area contributed by atoms with Crippen LogP contribution in [-0.4, -0.2) is 18.2 Å². The largest absolute Gasteiger partial charge is 0.445 e. The average Bonchev–Trinajstić information content (AvgIpc) is 2.54. The van der Waals surface area contributed by atoms with Crippen LogP contribution in [0, 0.1) is 5.82 Å². The Morgan fingerprint density at radius 3 is 2.48 bits per heavy atom. The molecule has 0 bridgehead atoms. The van der Waals surface area contributed by atoms with Crippen molar-refractivity contribution >= 4 is 11.8 Å². The SMILES string of the molecule is O=C(NC1CC(Nc2ccccc2F)C1)OCc1ccccc1. The first-order valence-electron chi connectivity index (χ1n) is 7.69. The summed E-state index contributed by atoms with van der Waals surface area (Å²) >= 11 is 0. The Kier molecular flexibility index (Phi) is 4.76. The van der Waals surface area contributed by atoms with Crippen LogP contribution < -0.4 is 10.6 Å². The van der Waals surface area contributed by atoms with Crippen LogP contribution in [0.15, 0.2) is 54.6 Å². The fourth-order valence-electron chi connectivity index (χ4n) is 2.58. The second kappa shape index (κ2) is 7.13. The van der Waals surface area contributed by atoms with Crippen LogP contribution >= 0.6 is 0 Å². The lowest BCUT2D eigenvalue weighted by molar-refractivity contribution is 0.129. The molecule has 1 fully saturated rings. The minimum Gasteiger partial charge on any atom is -0.445 e. The van der Waals surface area contributed by atoms with Crippen LogP contribution in [0.4, 0.5) is 14.9 Å². The molecule has 0 saturated heterocycles. The van der Waals surface area contributed by atoms with E-state index in [1.165, 1.54) is 6.07 Å². The number of nitrogens with one attached hydrogen (secondary N) is 2. The minimum atomic E-state index is -0.414. The molecule has 3 rings (SSSR count). The Morgan fingerprint density at radius 2 is 1.74 bits per heavy atom. The number of benzene rings is 2. The molecule has 5 heteroatoms. The molecule has 2 N–H and O–H groups in total. The molecule has 0 spiro atoms. The molecule has 0 radical (unpaired) electrons. The molecule has 120 valence electrons. The zero-order valence-electron chi connectivity index (χ0n) is 12.7. The zero-order valence-corrected chi connectivity index (χ0v) is 12.7. The summed E-state index contributed by atoms with van der Waals surface area (Å²) in [6.07, 6.45) is 1.10. The van der Waals surface area contributed by atoms with E-state index in [1.807, 2.05) is 30.3 Å². The number of halogens is 1. The molecule has 1 aliphatic rings. The topological polar surface area (TPSA) is 50.4 Å². The molecule has 4 nitrogen and oxygen atoms in total. The molecule has 0 aliphatic heterocycles. The molecule has 1 saturated carbocycles. The van der Waals surface area contributed by atoms with Crippen molar-refractivity contribution in [1.29, 1.82) is 0 Å². The molecule has 0 atom stereocenters. The third-order valence-corrected chi connectivity index (χ3v) is 3.91. The third-order valence-electron chi connectivity index (χ3n) is 3.91. The van der Waals surface area contributed by atoms with Gasteiger partial charge in [0.1, 0.15) is 12.4 Å². The van der Waals surface area contributed by atoms with Crippen molar-refractivity contribution in [2.24, 2.45) is 0 Å². The summed E-state index contributed by atoms with van der Waals surface area (Å²) in [6, 6.07) is 16.4. The highest BCUT2D eigenvalue weighted by molar-refractivity contribution is 5.67. The van der Waals surface area contributed by atoms with Crippen molar-refractivity contribution in [1.82, 2.24) is 5.32 Å². The molecule has 0 heterocycles. The third kappa shape index (κ3) is 4.22. The van der Waals surface area contributed by atoms with Gasteiger partial charge in [0.2, 0.25) is 0 Å². The molecule has 1 aliphatic carbocycles. The highest BCUT2D eigenvalue weighted by atomic mass is 19.1. The first-order valence-corrected chi connectivity index (χ1v) is 7.69. The second-order valence-corrected chi connectivity index (χ2v) is 5.70. The first kappa shape index (κ1) is 15.3. The number of carbonyl (C=O) groups excluding carboxylic acids is 1. The number of amides is 1. The van der Waals surface area contributed by atoms with Gasteiger partial charge < -0.3 is 15.4 Å². The van der Waals surface area contributed by atoms with Crippen LogP contribution in [0.3, 0.4) is 0 Å². The van der Waals surface area contributed by atoms with Crippen LogP contribution in [0.1, 0.15) is 18.4 Å². The molecule has 1 amide bonds. The fraction of sp³-hybridized carbons (Fsp3) is 0.278. The highest BCUT2D eigenvalue weighted by Crippen LogP contribution is 2.25. The molecule has 2 aromatic carbocycles. The summed E-state index contributed by atoms with van der Waals surface area (Å²) in [7, 11) is 0. The van der Waals surface area contributed by atoms with E-state index in [0.717, 1.165) is 18.4 Å². The van der Waals surface area contributed by atoms with Gasteiger partial charge in [0, 0.05) is 12.1 Å². The van der Waals surface area contributed by atoms with Gasteiger partial charge in [-0.15, -0.1) is 0 Å². The van der Waals surface area contributed by atoms with Crippen LogP contribution in [0.5, 0.6) is 0 Å². The molecule has 0 unspecified atom stereocenters. The summed E-state index contributed by atoms with van der Waals surface area (Å²) in [6.45, 7) is 0.260. The Hall–Kier alpha value is -2.56. The minimum absolute atomic E-state index is 0.0718. The summed E-state index contributed by atoms with van der Waals surface area (Å²) in [5, 5.41) is 5.96. The maximum atomic E-state index is 13.5. The smallest absolute Gasteiger partial charge is 0.407 e. The highest BCUT2D eigenvalue weighted by Gasteiger charge is 2.31. The van der Waals surface area contributed by atoms with E-state index in [0.29, 0.717) is 5.69 Å². The first-order chi connectivity index (χ1) is 11.2. The number of anilines is 1. The van der Waals surface area contributed by atoms with Crippen LogP contribution in [0.2, 0.25) is 0 Å². The molecule has 2 aromatic rings. The van der Waals surface area contributed by atoms with E-state index in [4.69, 9.17) is 4.74 Å². The lowest BCUT2D eigenvalue weighted by Crippen LogP contribution is -2.49. The molecule has 0 aromatic heterocycles. The van der Waals surface area contributed by atoms with E-state index < -0.39 is 6.09 Å². The van der Waals surface area contributed by atoms with E-state index >= 15 is 0 Å². The standard InChI is InChI=1S/C18H19FN2O2/c19-16-8-4-5-9-17(16)20-14-10-15(11-14)21-18(22)23-12-13-6-2-1-3-7-13/h1-9,14-15,20H,10-12H2,(H,21,22). The Bertz CT molecular complexity index is 657. The van der Waals surface area contributed by atoms with Gasteiger partial charge in [0.25, 0.3) is 0 Å². The summed E-state index contributed by atoms with van der Waals surface area (Å²) in [4.78, 5) is 11.7. The summed E-state index contributed by atoms with van der Waals surface area (Å²) in [5.74, 6) is -0.258. The van der Waals surface area contributed by atoms with E-state index in [1.54, 1.807) is 18.2 Å². The lowest BCUT2D eigenvalue weighted by atomic mass is 9.86. The van der Waals surface area contributed by atoms with E-state index in [9.17, 15) is 9.18 Å². The normalized spacial score (nSPS) is 19.5. The Labute approximate surface area is 134 Å². The van der Waals surface area contributed by atoms with Crippen molar-refractivity contribution in [2.45, 2.75) is 31.5 Å². The predicted octanol–water partition coefficient (Wildman–Crippen LogP) is 3.70. The molecule has 23 heavy (non-hydrogen) atoms. The zero-order chi connectivity index (χ0) is 16.1. The fourth-order valence-corrected chi connectivity index (χ4v) is 2.58. The molecular formula is C18H19FN2O2. The van der Waals surface area contributed by atoms with Crippen molar-refractivity contribution < 1.29 is 13.9 Å². The predicted molar refractivity (Wildman–Crippen MR) is 86.6 cm³/mol. The van der Waals surface area contributed by atoms with Gasteiger partial charge in [-0.1, -0.05) is 42.5 Å². The van der Waals surface area contributed by atoms with Gasteiger partial charge in [-0.2, -0.15) is 0 Å². The average molecular weight is 314 g/mol. The number of alkyl carbamates (subject to hydrolysis) is 1. The Balaban J connectivity index is 1.37. The van der Waals surface area contributed by atoms with Gasteiger partial charge in [-0.25, -0.2) is 9.18 Å². The molecular weight excluding hydrogens is 295 g/mol. The van der Waals surface area contributed by atoms with Gasteiger partial charge in [-0.05, 0) is 30.5 Å². The maximum absolute atomic E-state index is 13.5. The van der Waals surface area contributed by atoms with Gasteiger partial charge >= 0.3 is 6.09 Å². The quantitative estimate of drug-likeness (QED) is 0.885. The maximum Gasteiger partial charge on any atom is 0.407 e. The van der Waals surface area contributed by atoms with Gasteiger partial charge in [0.15, 0.2) is 0 Å². The van der Waals surface area contributed by atoms with Crippen molar-refractivity contribution in [3.05, 3.63) is 66.0 Å². The second-order valence-electron chi connectivity index (χ2n) is 5.70. The van der Waals surface area contributed by atoms with E-state index in [-0.39, 0.29) is 24.5 Å². The van der Waals surface area contributed by atoms with Crippen LogP contribution in [-0.2, 0) is 11.3 Å². The van der Waals surface area contributed by atoms with Gasteiger partial charge in [0.05, 0.1) is 5.69 Å². The number of carbonyl (C=O) groups is 1. The number of hydrogen-bond acceptors (Lipinski definition) is 3. The summed E-state index contributed by atoms with van der Waals surface area (Å²) < 4.78 is 18.7. The number of ether oxygens (including phenoxy) is 1. The monoisotopic (exact) mass is 314 g/mol. The van der Waals surface area contributed by atoms with Crippen molar-refractivity contribution in [3.63, 3.8) is 0 Å². The van der Waals surface area contributed by atoms with Crippen LogP contribution in [0.25, 0.3) is 0 Å². The number of hydrogen-bond donors (Lipinski definition) is 2. The van der Waals surface area contributed by atoms with Crippen molar-refractivity contribution in [3.8, 4) is 0 Å². The number of para-hydroxylation sites is 1.